The quantitative estimate of drug-likeness (QED) is 0.541. The van der Waals surface area contributed by atoms with Crippen molar-refractivity contribution >= 4 is 18.5 Å². The van der Waals surface area contributed by atoms with E-state index in [0.29, 0.717) is 6.42 Å². The molecule has 0 aliphatic heterocycles. The van der Waals surface area contributed by atoms with Crippen molar-refractivity contribution in [3.63, 3.8) is 0 Å². The molecule has 1 unspecified atom stereocenters. The highest BCUT2D eigenvalue weighted by Crippen LogP contribution is 2.07. The van der Waals surface area contributed by atoms with Crippen molar-refractivity contribution in [3.05, 3.63) is 35.9 Å². The van der Waals surface area contributed by atoms with Crippen LogP contribution in [0, 0.1) is 0 Å². The Kier molecular flexibility index (Phi) is 6.04. The number of aliphatic hydroxyl groups is 2. The molecule has 1 aromatic rings. The van der Waals surface area contributed by atoms with Crippen molar-refractivity contribution in [3.8, 4) is 0 Å². The van der Waals surface area contributed by atoms with Gasteiger partial charge in [-0.15, -0.1) is 0 Å². The molecule has 0 saturated heterocycles. The summed E-state index contributed by atoms with van der Waals surface area (Å²) in [7, 11) is 0. The highest BCUT2D eigenvalue weighted by molar-refractivity contribution is 7.81. The third-order valence-electron chi connectivity index (χ3n) is 2.36. The van der Waals surface area contributed by atoms with Crippen LogP contribution in [0.2, 0.25) is 0 Å². The van der Waals surface area contributed by atoms with Gasteiger partial charge in [-0.1, -0.05) is 30.3 Å². The predicted molar refractivity (Wildman–Crippen MR) is 69.0 cm³/mol. The normalized spacial score (nSPS) is 12.5. The van der Waals surface area contributed by atoms with Gasteiger partial charge in [-0.2, -0.15) is 12.6 Å². The van der Waals surface area contributed by atoms with Gasteiger partial charge >= 0.3 is 0 Å². The standard InChI is InChI=1S/C12H17NO3S/c14-7-10(8-15)13-12(16)11(17)6-9-4-2-1-3-5-9/h1-5,10-11,14-15,17H,6-8H2,(H,13,16). The van der Waals surface area contributed by atoms with Crippen molar-refractivity contribution in [2.75, 3.05) is 13.2 Å². The third-order valence-corrected chi connectivity index (χ3v) is 2.78. The van der Waals surface area contributed by atoms with Crippen LogP contribution in [0.3, 0.4) is 0 Å². The summed E-state index contributed by atoms with van der Waals surface area (Å²) in [6, 6.07) is 8.94. The molecule has 17 heavy (non-hydrogen) atoms. The second-order valence-electron chi connectivity index (χ2n) is 3.78. The molecule has 1 rings (SSSR count). The minimum absolute atomic E-state index is 0.284. The van der Waals surface area contributed by atoms with Crippen molar-refractivity contribution in [2.24, 2.45) is 0 Å². The molecule has 0 bridgehead atoms. The summed E-state index contributed by atoms with van der Waals surface area (Å²) in [5, 5.41) is 19.7. The number of thiol groups is 1. The molecule has 0 heterocycles. The lowest BCUT2D eigenvalue weighted by Gasteiger charge is -2.16. The monoisotopic (exact) mass is 255 g/mol. The maximum absolute atomic E-state index is 11.7. The Morgan fingerprint density at radius 3 is 2.35 bits per heavy atom. The van der Waals surface area contributed by atoms with Crippen LogP contribution < -0.4 is 5.32 Å². The number of hydrogen-bond acceptors (Lipinski definition) is 4. The largest absolute Gasteiger partial charge is 0.394 e. The van der Waals surface area contributed by atoms with Crippen LogP contribution in [0.1, 0.15) is 5.56 Å². The molecule has 5 heteroatoms. The maximum atomic E-state index is 11.7. The van der Waals surface area contributed by atoms with E-state index in [0.717, 1.165) is 5.56 Å². The zero-order chi connectivity index (χ0) is 12.7. The molecule has 0 fully saturated rings. The van der Waals surface area contributed by atoms with Gasteiger partial charge in [0.2, 0.25) is 5.91 Å². The number of benzene rings is 1. The Morgan fingerprint density at radius 2 is 1.82 bits per heavy atom. The summed E-state index contributed by atoms with van der Waals surface area (Å²) in [4.78, 5) is 11.7. The van der Waals surface area contributed by atoms with Crippen LogP contribution >= 0.6 is 12.6 Å². The van der Waals surface area contributed by atoms with E-state index in [1.54, 1.807) is 0 Å². The Morgan fingerprint density at radius 1 is 1.24 bits per heavy atom. The van der Waals surface area contributed by atoms with E-state index >= 15 is 0 Å². The Balaban J connectivity index is 2.47. The van der Waals surface area contributed by atoms with Crippen LogP contribution in [0.25, 0.3) is 0 Å². The summed E-state index contributed by atoms with van der Waals surface area (Å²) in [6.07, 6.45) is 0.513. The fraction of sp³-hybridized carbons (Fsp3) is 0.417. The lowest BCUT2D eigenvalue weighted by atomic mass is 10.1. The minimum atomic E-state index is -0.618. The number of carbonyl (C=O) groups is 1. The van der Waals surface area contributed by atoms with Crippen molar-refractivity contribution in [2.45, 2.75) is 17.7 Å². The van der Waals surface area contributed by atoms with Gasteiger partial charge in [-0.25, -0.2) is 0 Å². The van der Waals surface area contributed by atoms with Crippen molar-refractivity contribution < 1.29 is 15.0 Å². The van der Waals surface area contributed by atoms with Gasteiger partial charge in [-0.05, 0) is 12.0 Å². The van der Waals surface area contributed by atoms with Crippen LogP contribution in [-0.4, -0.2) is 40.6 Å². The summed E-state index contributed by atoms with van der Waals surface area (Å²) in [5.41, 5.74) is 1.02. The Bertz CT molecular complexity index is 341. The molecular formula is C12H17NO3S. The van der Waals surface area contributed by atoms with Gasteiger partial charge < -0.3 is 15.5 Å². The van der Waals surface area contributed by atoms with E-state index in [-0.39, 0.29) is 19.1 Å². The number of rotatable bonds is 6. The SMILES string of the molecule is O=C(NC(CO)CO)C(S)Cc1ccccc1. The lowest BCUT2D eigenvalue weighted by molar-refractivity contribution is -0.121. The molecule has 94 valence electrons. The number of aliphatic hydroxyl groups excluding tert-OH is 2. The third kappa shape index (κ3) is 4.77. The van der Waals surface area contributed by atoms with Gasteiger partial charge in [0.1, 0.15) is 0 Å². The Hall–Kier alpha value is -1.04. The predicted octanol–water partition coefficient (Wildman–Crippen LogP) is -0.00310. The first-order chi connectivity index (χ1) is 8.17. The second-order valence-corrected chi connectivity index (χ2v) is 4.40. The summed E-state index contributed by atoms with van der Waals surface area (Å²) < 4.78 is 0. The van der Waals surface area contributed by atoms with Crippen molar-refractivity contribution in [1.82, 2.24) is 5.32 Å². The van der Waals surface area contributed by atoms with Gasteiger partial charge in [-0.3, -0.25) is 4.79 Å². The van der Waals surface area contributed by atoms with E-state index in [1.165, 1.54) is 0 Å². The summed E-state index contributed by atoms with van der Waals surface area (Å²) in [5.74, 6) is -0.287. The zero-order valence-electron chi connectivity index (χ0n) is 9.41. The molecule has 1 aromatic carbocycles. The molecule has 0 aliphatic carbocycles. The molecule has 1 amide bonds. The number of carbonyl (C=O) groups excluding carboxylic acids is 1. The summed E-state index contributed by atoms with van der Waals surface area (Å²) >= 11 is 4.21. The highest BCUT2D eigenvalue weighted by atomic mass is 32.1. The van der Waals surface area contributed by atoms with E-state index in [4.69, 9.17) is 10.2 Å². The van der Waals surface area contributed by atoms with Crippen LogP contribution in [0.15, 0.2) is 30.3 Å². The molecule has 4 nitrogen and oxygen atoms in total. The number of amides is 1. The molecule has 0 aliphatic rings. The first-order valence-corrected chi connectivity index (χ1v) is 5.93. The van der Waals surface area contributed by atoms with Crippen LogP contribution in [0.4, 0.5) is 0 Å². The summed E-state index contributed by atoms with van der Waals surface area (Å²) in [6.45, 7) is -0.567. The fourth-order valence-electron chi connectivity index (χ4n) is 1.38. The van der Waals surface area contributed by atoms with Gasteiger partial charge in [0.05, 0.1) is 24.5 Å². The van der Waals surface area contributed by atoms with Gasteiger partial charge in [0, 0.05) is 0 Å². The van der Waals surface area contributed by atoms with E-state index < -0.39 is 11.3 Å². The first kappa shape index (κ1) is 14.0. The van der Waals surface area contributed by atoms with Crippen molar-refractivity contribution in [1.29, 1.82) is 0 Å². The molecule has 0 saturated carbocycles. The lowest BCUT2D eigenvalue weighted by Crippen LogP contribution is -2.44. The second kappa shape index (κ2) is 7.32. The molecule has 0 aromatic heterocycles. The zero-order valence-corrected chi connectivity index (χ0v) is 10.3. The van der Waals surface area contributed by atoms with Crippen LogP contribution in [0.5, 0.6) is 0 Å². The van der Waals surface area contributed by atoms with Gasteiger partial charge in [0.15, 0.2) is 0 Å². The highest BCUT2D eigenvalue weighted by Gasteiger charge is 2.17. The van der Waals surface area contributed by atoms with E-state index in [2.05, 4.69) is 17.9 Å². The Labute approximate surface area is 106 Å². The van der Waals surface area contributed by atoms with E-state index in [1.807, 2.05) is 30.3 Å². The number of hydrogen-bond donors (Lipinski definition) is 4. The van der Waals surface area contributed by atoms with Gasteiger partial charge in [0.25, 0.3) is 0 Å². The first-order valence-electron chi connectivity index (χ1n) is 5.41. The molecule has 3 N–H and O–H groups in total. The van der Waals surface area contributed by atoms with E-state index in [9.17, 15) is 4.79 Å². The van der Waals surface area contributed by atoms with Crippen LogP contribution in [-0.2, 0) is 11.2 Å². The molecule has 0 spiro atoms. The average molecular weight is 255 g/mol. The smallest absolute Gasteiger partial charge is 0.233 e. The fourth-order valence-corrected chi connectivity index (χ4v) is 1.66. The topological polar surface area (TPSA) is 69.6 Å². The maximum Gasteiger partial charge on any atom is 0.233 e. The minimum Gasteiger partial charge on any atom is -0.394 e. The molecule has 0 radical (unpaired) electrons. The number of nitrogens with one attached hydrogen (secondary N) is 1. The molecule has 1 atom stereocenters. The average Bonchev–Trinajstić information content (AvgIpc) is 2.36. The molecular weight excluding hydrogens is 238 g/mol.